The van der Waals surface area contributed by atoms with Crippen molar-refractivity contribution < 1.29 is 4.74 Å². The molecule has 0 aromatic heterocycles. The van der Waals surface area contributed by atoms with Crippen molar-refractivity contribution in [2.24, 2.45) is 0 Å². The van der Waals surface area contributed by atoms with Crippen LogP contribution in [0.1, 0.15) is 0 Å². The van der Waals surface area contributed by atoms with Gasteiger partial charge >= 0.3 is 0 Å². The number of hydrogen-bond acceptors (Lipinski definition) is 1. The van der Waals surface area contributed by atoms with Gasteiger partial charge in [0.05, 0.1) is 7.11 Å². The average Bonchev–Trinajstić information content (AvgIpc) is 2.32. The maximum atomic E-state index is 6.18. The smallest absolute Gasteiger partial charge is 0.126 e. The van der Waals surface area contributed by atoms with E-state index in [2.05, 4.69) is 15.9 Å². The van der Waals surface area contributed by atoms with Gasteiger partial charge in [-0.15, -0.1) is 0 Å². The fourth-order valence-corrected chi connectivity index (χ4v) is 2.15. The van der Waals surface area contributed by atoms with Gasteiger partial charge in [-0.3, -0.25) is 0 Å². The molecule has 0 amide bonds. The van der Waals surface area contributed by atoms with Crippen molar-refractivity contribution in [2.45, 2.75) is 0 Å². The maximum absolute atomic E-state index is 6.18. The highest BCUT2D eigenvalue weighted by Crippen LogP contribution is 2.36. The van der Waals surface area contributed by atoms with E-state index in [1.165, 1.54) is 0 Å². The van der Waals surface area contributed by atoms with Crippen LogP contribution in [-0.2, 0) is 0 Å². The molecular formula is C13H10BrClO. The minimum atomic E-state index is 0.715. The van der Waals surface area contributed by atoms with Crippen LogP contribution in [0.2, 0.25) is 5.02 Å². The second kappa shape index (κ2) is 4.89. The SMILES string of the molecule is COc1ccccc1-c1cc(Br)ccc1Cl. The minimum Gasteiger partial charge on any atom is -0.496 e. The molecular weight excluding hydrogens is 287 g/mol. The Morgan fingerprint density at radius 3 is 2.56 bits per heavy atom. The maximum Gasteiger partial charge on any atom is 0.126 e. The van der Waals surface area contributed by atoms with Crippen LogP contribution >= 0.6 is 27.5 Å². The van der Waals surface area contributed by atoms with Crippen LogP contribution in [0.15, 0.2) is 46.9 Å². The van der Waals surface area contributed by atoms with E-state index >= 15 is 0 Å². The normalized spacial score (nSPS) is 10.2. The van der Waals surface area contributed by atoms with E-state index in [9.17, 15) is 0 Å². The standard InChI is InChI=1S/C13H10BrClO/c1-16-13-5-3-2-4-10(13)11-8-9(14)6-7-12(11)15/h2-8H,1H3. The summed E-state index contributed by atoms with van der Waals surface area (Å²) in [7, 11) is 1.66. The van der Waals surface area contributed by atoms with Crippen LogP contribution in [0, 0.1) is 0 Å². The number of halogens is 2. The third kappa shape index (κ3) is 2.23. The molecule has 0 aliphatic heterocycles. The van der Waals surface area contributed by atoms with Crippen molar-refractivity contribution >= 4 is 27.5 Å². The summed E-state index contributed by atoms with van der Waals surface area (Å²) in [5.74, 6) is 0.822. The van der Waals surface area contributed by atoms with Crippen molar-refractivity contribution in [3.8, 4) is 16.9 Å². The van der Waals surface area contributed by atoms with Crippen LogP contribution in [0.25, 0.3) is 11.1 Å². The molecule has 0 radical (unpaired) electrons. The first-order valence-electron chi connectivity index (χ1n) is 4.81. The number of methoxy groups -OCH3 is 1. The number of rotatable bonds is 2. The Bertz CT molecular complexity index is 511. The Kier molecular flexibility index (Phi) is 3.52. The molecule has 0 aliphatic rings. The van der Waals surface area contributed by atoms with Gasteiger partial charge in [-0.1, -0.05) is 45.7 Å². The summed E-state index contributed by atoms with van der Waals surface area (Å²) in [5.41, 5.74) is 1.96. The average molecular weight is 298 g/mol. The zero-order chi connectivity index (χ0) is 11.5. The molecule has 16 heavy (non-hydrogen) atoms. The van der Waals surface area contributed by atoms with Crippen molar-refractivity contribution in [1.29, 1.82) is 0 Å². The van der Waals surface area contributed by atoms with Gasteiger partial charge in [0, 0.05) is 20.6 Å². The predicted molar refractivity (Wildman–Crippen MR) is 71.1 cm³/mol. The molecule has 0 heterocycles. The highest BCUT2D eigenvalue weighted by atomic mass is 79.9. The van der Waals surface area contributed by atoms with Crippen molar-refractivity contribution in [1.82, 2.24) is 0 Å². The second-order valence-electron chi connectivity index (χ2n) is 3.32. The van der Waals surface area contributed by atoms with E-state index in [1.54, 1.807) is 7.11 Å². The van der Waals surface area contributed by atoms with Crippen molar-refractivity contribution in [2.75, 3.05) is 7.11 Å². The monoisotopic (exact) mass is 296 g/mol. The van der Waals surface area contributed by atoms with Gasteiger partial charge in [-0.2, -0.15) is 0 Å². The molecule has 0 unspecified atom stereocenters. The van der Waals surface area contributed by atoms with Gasteiger partial charge < -0.3 is 4.74 Å². The second-order valence-corrected chi connectivity index (χ2v) is 4.65. The third-order valence-electron chi connectivity index (χ3n) is 2.33. The van der Waals surface area contributed by atoms with E-state index in [-0.39, 0.29) is 0 Å². The lowest BCUT2D eigenvalue weighted by Gasteiger charge is -2.10. The molecule has 3 heteroatoms. The first-order valence-corrected chi connectivity index (χ1v) is 5.98. The lowest BCUT2D eigenvalue weighted by atomic mass is 10.0. The molecule has 2 aromatic carbocycles. The Morgan fingerprint density at radius 2 is 1.81 bits per heavy atom. The van der Waals surface area contributed by atoms with Crippen LogP contribution in [0.5, 0.6) is 5.75 Å². The highest BCUT2D eigenvalue weighted by molar-refractivity contribution is 9.10. The Balaban J connectivity index is 2.62. The molecule has 0 spiro atoms. The fraction of sp³-hybridized carbons (Fsp3) is 0.0769. The first kappa shape index (κ1) is 11.5. The topological polar surface area (TPSA) is 9.23 Å². The van der Waals surface area contributed by atoms with E-state index in [0.717, 1.165) is 21.3 Å². The third-order valence-corrected chi connectivity index (χ3v) is 3.15. The Morgan fingerprint density at radius 1 is 1.06 bits per heavy atom. The van der Waals surface area contributed by atoms with E-state index in [0.29, 0.717) is 5.02 Å². The molecule has 0 N–H and O–H groups in total. The lowest BCUT2D eigenvalue weighted by Crippen LogP contribution is -1.88. The first-order chi connectivity index (χ1) is 7.72. The molecule has 2 rings (SSSR count). The molecule has 0 bridgehead atoms. The summed E-state index contributed by atoms with van der Waals surface area (Å²) in [6, 6.07) is 13.6. The molecule has 0 saturated carbocycles. The van der Waals surface area contributed by atoms with Gasteiger partial charge in [-0.05, 0) is 24.3 Å². The van der Waals surface area contributed by atoms with Gasteiger partial charge in [0.25, 0.3) is 0 Å². The molecule has 82 valence electrons. The largest absolute Gasteiger partial charge is 0.496 e. The number of benzene rings is 2. The Hall–Kier alpha value is -0.990. The van der Waals surface area contributed by atoms with E-state index < -0.39 is 0 Å². The zero-order valence-electron chi connectivity index (χ0n) is 8.71. The molecule has 0 saturated heterocycles. The molecule has 0 aliphatic carbocycles. The summed E-state index contributed by atoms with van der Waals surface area (Å²) in [6.07, 6.45) is 0. The molecule has 1 nitrogen and oxygen atoms in total. The van der Waals surface area contributed by atoms with Crippen LogP contribution in [0.3, 0.4) is 0 Å². The summed E-state index contributed by atoms with van der Waals surface area (Å²) in [4.78, 5) is 0. The van der Waals surface area contributed by atoms with Gasteiger partial charge in [0.2, 0.25) is 0 Å². The number of ether oxygens (including phenoxy) is 1. The minimum absolute atomic E-state index is 0.715. The van der Waals surface area contributed by atoms with Crippen LogP contribution in [0.4, 0.5) is 0 Å². The van der Waals surface area contributed by atoms with E-state index in [1.807, 2.05) is 42.5 Å². The number of para-hydroxylation sites is 1. The quantitative estimate of drug-likeness (QED) is 0.775. The van der Waals surface area contributed by atoms with Gasteiger partial charge in [0.15, 0.2) is 0 Å². The summed E-state index contributed by atoms with van der Waals surface area (Å²) < 4.78 is 6.32. The molecule has 0 fully saturated rings. The lowest BCUT2D eigenvalue weighted by molar-refractivity contribution is 0.416. The summed E-state index contributed by atoms with van der Waals surface area (Å²) in [6.45, 7) is 0. The molecule has 2 aromatic rings. The Labute approximate surface area is 108 Å². The van der Waals surface area contributed by atoms with Crippen molar-refractivity contribution in [3.63, 3.8) is 0 Å². The van der Waals surface area contributed by atoms with Gasteiger partial charge in [-0.25, -0.2) is 0 Å². The van der Waals surface area contributed by atoms with Crippen LogP contribution < -0.4 is 4.74 Å². The summed E-state index contributed by atoms with van der Waals surface area (Å²) >= 11 is 9.62. The predicted octanol–water partition coefficient (Wildman–Crippen LogP) is 4.78. The molecule has 0 atom stereocenters. The van der Waals surface area contributed by atoms with Crippen molar-refractivity contribution in [3.05, 3.63) is 52.0 Å². The highest BCUT2D eigenvalue weighted by Gasteiger charge is 2.08. The van der Waals surface area contributed by atoms with E-state index in [4.69, 9.17) is 16.3 Å². The van der Waals surface area contributed by atoms with Gasteiger partial charge in [0.1, 0.15) is 5.75 Å². The van der Waals surface area contributed by atoms with Crippen LogP contribution in [-0.4, -0.2) is 7.11 Å². The number of hydrogen-bond donors (Lipinski definition) is 0. The fourth-order valence-electron chi connectivity index (χ4n) is 1.57. The zero-order valence-corrected chi connectivity index (χ0v) is 11.0. The summed E-state index contributed by atoms with van der Waals surface area (Å²) in [5, 5.41) is 0.715.